The molecule has 1 atom stereocenters. The van der Waals surface area contributed by atoms with E-state index in [2.05, 4.69) is 27.0 Å². The minimum absolute atomic E-state index is 0.233. The standard InChI is InChI=1S/C26H30N4O3PS/c1-20-25(35-19-30(20)16-24-15-28-21(2)29-26(24)27)13-14-32-34(31,18-23-11-7-4-8-12-23)33-17-22-9-5-3-6-10-22/h3-12,15,19H,13-14,16-18H2,1-2H3,(H2,27,28,29)/q+1. The zero-order chi connectivity index (χ0) is 24.7. The van der Waals surface area contributed by atoms with Gasteiger partial charge in [-0.25, -0.2) is 9.97 Å². The second-order valence-electron chi connectivity index (χ2n) is 8.28. The predicted molar refractivity (Wildman–Crippen MR) is 138 cm³/mol. The monoisotopic (exact) mass is 509 g/mol. The molecule has 0 aliphatic heterocycles. The maximum absolute atomic E-state index is 13.7. The molecule has 2 aromatic heterocycles. The van der Waals surface area contributed by atoms with E-state index in [0.717, 1.165) is 27.3 Å². The number of nitrogens with zero attached hydrogens (tertiary/aromatic N) is 3. The molecule has 2 N–H and O–H groups in total. The third-order valence-corrected chi connectivity index (χ3v) is 8.62. The van der Waals surface area contributed by atoms with Crippen molar-refractivity contribution in [1.82, 2.24) is 9.97 Å². The predicted octanol–water partition coefficient (Wildman–Crippen LogP) is 5.24. The van der Waals surface area contributed by atoms with Crippen molar-refractivity contribution in [2.45, 2.75) is 39.6 Å². The van der Waals surface area contributed by atoms with Crippen LogP contribution in [0.4, 0.5) is 5.82 Å². The molecule has 0 fully saturated rings. The molecule has 0 spiro atoms. The summed E-state index contributed by atoms with van der Waals surface area (Å²) < 4.78 is 27.7. The molecule has 182 valence electrons. The zero-order valence-corrected chi connectivity index (χ0v) is 21.7. The average Bonchev–Trinajstić information content (AvgIpc) is 3.20. The van der Waals surface area contributed by atoms with Crippen LogP contribution in [0, 0.1) is 13.8 Å². The fourth-order valence-electron chi connectivity index (χ4n) is 3.63. The summed E-state index contributed by atoms with van der Waals surface area (Å²) in [5.41, 5.74) is 12.0. The molecule has 0 saturated carbocycles. The van der Waals surface area contributed by atoms with E-state index in [0.29, 0.717) is 31.2 Å². The molecule has 2 aromatic carbocycles. The summed E-state index contributed by atoms with van der Waals surface area (Å²) in [6.07, 6.45) is 2.64. The van der Waals surface area contributed by atoms with Crippen LogP contribution in [-0.2, 0) is 39.3 Å². The first kappa shape index (κ1) is 25.2. The quantitative estimate of drug-likeness (QED) is 0.220. The van der Waals surface area contributed by atoms with Crippen molar-refractivity contribution < 1.29 is 18.2 Å². The van der Waals surface area contributed by atoms with E-state index in [1.165, 1.54) is 0 Å². The molecule has 0 bridgehead atoms. The largest absolute Gasteiger partial charge is 0.383 e. The molecule has 7 nitrogen and oxygen atoms in total. The number of hydrogen-bond acceptors (Lipinski definition) is 7. The van der Waals surface area contributed by atoms with E-state index in [1.807, 2.05) is 67.6 Å². The van der Waals surface area contributed by atoms with Crippen molar-refractivity contribution in [1.29, 1.82) is 0 Å². The van der Waals surface area contributed by atoms with Crippen LogP contribution in [0.2, 0.25) is 0 Å². The van der Waals surface area contributed by atoms with Crippen LogP contribution in [0.1, 0.15) is 33.1 Å². The van der Waals surface area contributed by atoms with Gasteiger partial charge in [-0.1, -0.05) is 72.0 Å². The Morgan fingerprint density at radius 3 is 2.37 bits per heavy atom. The number of hydrogen-bond donors (Lipinski definition) is 1. The fourth-order valence-corrected chi connectivity index (χ4v) is 6.23. The van der Waals surface area contributed by atoms with Crippen LogP contribution < -0.4 is 10.3 Å². The highest BCUT2D eigenvalue weighted by Crippen LogP contribution is 2.52. The lowest BCUT2D eigenvalue weighted by Crippen LogP contribution is -2.35. The van der Waals surface area contributed by atoms with Gasteiger partial charge in [0.05, 0.1) is 29.8 Å². The van der Waals surface area contributed by atoms with Gasteiger partial charge in [0.2, 0.25) is 5.51 Å². The second-order valence-corrected chi connectivity index (χ2v) is 11.3. The highest BCUT2D eigenvalue weighted by molar-refractivity contribution is 7.53. The first-order valence-corrected chi connectivity index (χ1v) is 14.0. The number of rotatable bonds is 11. The van der Waals surface area contributed by atoms with E-state index >= 15 is 0 Å². The van der Waals surface area contributed by atoms with Gasteiger partial charge in [0.15, 0.2) is 12.2 Å². The SMILES string of the molecule is Cc1ncc(C[n+]2csc(CCOP(=O)(Cc3ccccc3)OCc3ccccc3)c2C)c(N)n1. The van der Waals surface area contributed by atoms with Gasteiger partial charge in [-0.2, -0.15) is 4.57 Å². The van der Waals surface area contributed by atoms with Crippen LogP contribution in [0.25, 0.3) is 0 Å². The topological polar surface area (TPSA) is 91.2 Å². The molecule has 2 heterocycles. The highest BCUT2D eigenvalue weighted by Gasteiger charge is 2.26. The lowest BCUT2D eigenvalue weighted by molar-refractivity contribution is -0.689. The minimum Gasteiger partial charge on any atom is -0.383 e. The summed E-state index contributed by atoms with van der Waals surface area (Å²) in [4.78, 5) is 9.66. The van der Waals surface area contributed by atoms with E-state index < -0.39 is 7.60 Å². The summed E-state index contributed by atoms with van der Waals surface area (Å²) >= 11 is 1.64. The summed E-state index contributed by atoms with van der Waals surface area (Å²) in [6, 6.07) is 19.4. The van der Waals surface area contributed by atoms with Gasteiger partial charge in [-0.3, -0.25) is 4.57 Å². The number of anilines is 1. The zero-order valence-electron chi connectivity index (χ0n) is 20.0. The summed E-state index contributed by atoms with van der Waals surface area (Å²) in [5, 5.41) is 0. The van der Waals surface area contributed by atoms with Crippen LogP contribution in [0.5, 0.6) is 0 Å². The van der Waals surface area contributed by atoms with Crippen LogP contribution in [-0.4, -0.2) is 16.6 Å². The van der Waals surface area contributed by atoms with E-state index in [-0.39, 0.29) is 12.8 Å². The Morgan fingerprint density at radius 2 is 1.69 bits per heavy atom. The van der Waals surface area contributed by atoms with Gasteiger partial charge in [-0.05, 0) is 18.1 Å². The van der Waals surface area contributed by atoms with E-state index in [9.17, 15) is 4.57 Å². The Kier molecular flexibility index (Phi) is 8.42. The summed E-state index contributed by atoms with van der Waals surface area (Å²) in [7, 11) is -3.35. The van der Waals surface area contributed by atoms with Gasteiger partial charge >= 0.3 is 7.60 Å². The van der Waals surface area contributed by atoms with E-state index in [1.54, 1.807) is 17.5 Å². The molecule has 1 unspecified atom stereocenters. The lowest BCUT2D eigenvalue weighted by Gasteiger charge is -2.19. The minimum atomic E-state index is -3.35. The Balaban J connectivity index is 1.40. The molecule has 0 saturated heterocycles. The van der Waals surface area contributed by atoms with Gasteiger partial charge < -0.3 is 14.8 Å². The molecule has 0 amide bonds. The number of thiazole rings is 1. The number of nitrogens with two attached hydrogens (primary N) is 1. The Labute approximate surface area is 210 Å². The second kappa shape index (κ2) is 11.7. The van der Waals surface area contributed by atoms with Gasteiger partial charge in [-0.15, -0.1) is 0 Å². The molecule has 0 aliphatic carbocycles. The molecular formula is C26H30N4O3PS+. The normalized spacial score (nSPS) is 13.0. The van der Waals surface area contributed by atoms with Crippen molar-refractivity contribution in [3.8, 4) is 0 Å². The average molecular weight is 510 g/mol. The van der Waals surface area contributed by atoms with Crippen LogP contribution in [0.3, 0.4) is 0 Å². The van der Waals surface area contributed by atoms with Crippen molar-refractivity contribution in [3.05, 3.63) is 105 Å². The number of aryl methyl sites for hydroxylation is 1. The van der Waals surface area contributed by atoms with Gasteiger partial charge in [0.25, 0.3) is 0 Å². The number of benzene rings is 2. The van der Waals surface area contributed by atoms with Crippen molar-refractivity contribution >= 4 is 24.8 Å². The summed E-state index contributed by atoms with van der Waals surface area (Å²) in [6.45, 7) is 5.02. The first-order valence-electron chi connectivity index (χ1n) is 11.4. The summed E-state index contributed by atoms with van der Waals surface area (Å²) in [5.74, 6) is 1.16. The van der Waals surface area contributed by atoms with Gasteiger partial charge in [0, 0.05) is 19.5 Å². The molecule has 4 rings (SSSR count). The van der Waals surface area contributed by atoms with Gasteiger partial charge in [0.1, 0.15) is 11.6 Å². The van der Waals surface area contributed by atoms with Crippen LogP contribution in [0.15, 0.2) is 72.4 Å². The molecule has 4 aromatic rings. The van der Waals surface area contributed by atoms with Crippen molar-refractivity contribution in [3.63, 3.8) is 0 Å². The molecule has 0 radical (unpaired) electrons. The lowest BCUT2D eigenvalue weighted by atomic mass is 10.2. The fraction of sp³-hybridized carbons (Fsp3) is 0.269. The maximum Gasteiger partial charge on any atom is 0.335 e. The third kappa shape index (κ3) is 7.05. The molecule has 35 heavy (non-hydrogen) atoms. The van der Waals surface area contributed by atoms with Crippen molar-refractivity contribution in [2.75, 3.05) is 12.3 Å². The van der Waals surface area contributed by atoms with Crippen molar-refractivity contribution in [2.24, 2.45) is 0 Å². The molecule has 0 aliphatic rings. The Hall–Kier alpha value is -2.90. The first-order chi connectivity index (χ1) is 16.9. The number of nitrogen functional groups attached to an aromatic ring is 1. The van der Waals surface area contributed by atoms with E-state index in [4.69, 9.17) is 14.8 Å². The Morgan fingerprint density at radius 1 is 1.00 bits per heavy atom. The molecular weight excluding hydrogens is 479 g/mol. The Bertz CT molecular complexity index is 1300. The smallest absolute Gasteiger partial charge is 0.335 e. The molecule has 9 heteroatoms. The maximum atomic E-state index is 13.7. The van der Waals surface area contributed by atoms with Crippen LogP contribution >= 0.6 is 18.9 Å². The highest BCUT2D eigenvalue weighted by atomic mass is 32.1. The number of aromatic nitrogens is 3. The third-order valence-electron chi connectivity index (χ3n) is 5.62.